The highest BCUT2D eigenvalue weighted by Gasteiger charge is 2.08. The second-order valence-electron chi connectivity index (χ2n) is 5.95. The lowest BCUT2D eigenvalue weighted by Gasteiger charge is -2.10. The van der Waals surface area contributed by atoms with Gasteiger partial charge in [-0.2, -0.15) is 0 Å². The molecule has 5 heteroatoms. The van der Waals surface area contributed by atoms with Gasteiger partial charge in [0.15, 0.2) is 0 Å². The van der Waals surface area contributed by atoms with E-state index < -0.39 is 0 Å². The minimum absolute atomic E-state index is 0.0247. The Morgan fingerprint density at radius 1 is 1.00 bits per heavy atom. The minimum atomic E-state index is -0.230. The maximum atomic E-state index is 12.0. The molecule has 0 saturated carbocycles. The summed E-state index contributed by atoms with van der Waals surface area (Å²) in [5.74, 6) is -0.353. The number of benzene rings is 2. The van der Waals surface area contributed by atoms with Crippen LogP contribution in [-0.2, 0) is 22.4 Å². The van der Waals surface area contributed by atoms with Crippen LogP contribution in [0.2, 0.25) is 0 Å². The van der Waals surface area contributed by atoms with Crippen molar-refractivity contribution in [2.75, 3.05) is 11.9 Å². The number of carbonyl (C=O) groups is 2. The molecule has 2 rings (SSSR count). The Bertz CT molecular complexity index is 742. The van der Waals surface area contributed by atoms with Gasteiger partial charge in [-0.3, -0.25) is 9.59 Å². The van der Waals surface area contributed by atoms with Crippen LogP contribution in [0.1, 0.15) is 30.0 Å². The smallest absolute Gasteiger partial charge is 0.243 e. The zero-order valence-electron chi connectivity index (χ0n) is 14.6. The Morgan fingerprint density at radius 3 is 2.32 bits per heavy atom. The molecule has 2 aromatic carbocycles. The first-order chi connectivity index (χ1) is 12.0. The van der Waals surface area contributed by atoms with E-state index in [-0.39, 0.29) is 18.4 Å². The van der Waals surface area contributed by atoms with Gasteiger partial charge in [0, 0.05) is 16.6 Å². The fourth-order valence-corrected chi connectivity index (χ4v) is 2.90. The van der Waals surface area contributed by atoms with Crippen molar-refractivity contribution < 1.29 is 9.59 Å². The standard InChI is InChI=1S/C20H23BrN2O2/c1-3-15-4-6-16(7-5-15)8-11-19(24)22-13-20(25)23-18-10-9-17(21)12-14(18)2/h4-7,9-10,12H,3,8,11,13H2,1-2H3,(H,22,24)(H,23,25). The highest BCUT2D eigenvalue weighted by Crippen LogP contribution is 2.19. The Kier molecular flexibility index (Phi) is 7.19. The summed E-state index contributed by atoms with van der Waals surface area (Å²) >= 11 is 3.39. The van der Waals surface area contributed by atoms with Crippen molar-refractivity contribution in [3.63, 3.8) is 0 Å². The molecule has 0 aliphatic heterocycles. The molecule has 132 valence electrons. The van der Waals surface area contributed by atoms with E-state index in [2.05, 4.69) is 57.8 Å². The van der Waals surface area contributed by atoms with Gasteiger partial charge in [-0.25, -0.2) is 0 Å². The van der Waals surface area contributed by atoms with Crippen molar-refractivity contribution in [3.05, 3.63) is 63.6 Å². The van der Waals surface area contributed by atoms with Crippen LogP contribution >= 0.6 is 15.9 Å². The van der Waals surface area contributed by atoms with Crippen molar-refractivity contribution in [2.45, 2.75) is 33.1 Å². The van der Waals surface area contributed by atoms with Crippen molar-refractivity contribution in [1.82, 2.24) is 5.32 Å². The van der Waals surface area contributed by atoms with E-state index in [1.165, 1.54) is 5.56 Å². The Morgan fingerprint density at radius 2 is 1.68 bits per heavy atom. The molecule has 0 radical (unpaired) electrons. The molecule has 2 N–H and O–H groups in total. The molecule has 2 aromatic rings. The number of carbonyl (C=O) groups excluding carboxylic acids is 2. The van der Waals surface area contributed by atoms with Gasteiger partial charge in [-0.05, 0) is 54.7 Å². The number of nitrogens with one attached hydrogen (secondary N) is 2. The van der Waals surface area contributed by atoms with Crippen molar-refractivity contribution in [3.8, 4) is 0 Å². The molecule has 0 spiro atoms. The summed E-state index contributed by atoms with van der Waals surface area (Å²) in [7, 11) is 0. The summed E-state index contributed by atoms with van der Waals surface area (Å²) in [4.78, 5) is 23.9. The van der Waals surface area contributed by atoms with Crippen molar-refractivity contribution >= 4 is 33.4 Å². The molecule has 0 aliphatic carbocycles. The highest BCUT2D eigenvalue weighted by atomic mass is 79.9. The fraction of sp³-hybridized carbons (Fsp3) is 0.300. The average Bonchev–Trinajstić information content (AvgIpc) is 2.61. The lowest BCUT2D eigenvalue weighted by molar-refractivity contribution is -0.124. The van der Waals surface area contributed by atoms with Crippen LogP contribution in [0.25, 0.3) is 0 Å². The van der Waals surface area contributed by atoms with E-state index in [0.29, 0.717) is 12.8 Å². The van der Waals surface area contributed by atoms with Gasteiger partial charge < -0.3 is 10.6 Å². The van der Waals surface area contributed by atoms with Crippen LogP contribution in [0.15, 0.2) is 46.9 Å². The van der Waals surface area contributed by atoms with E-state index in [0.717, 1.165) is 27.7 Å². The zero-order chi connectivity index (χ0) is 18.2. The van der Waals surface area contributed by atoms with Crippen LogP contribution in [0.4, 0.5) is 5.69 Å². The summed E-state index contributed by atoms with van der Waals surface area (Å²) in [6, 6.07) is 13.9. The van der Waals surface area contributed by atoms with Gasteiger partial charge in [0.25, 0.3) is 0 Å². The molecule has 4 nitrogen and oxygen atoms in total. The molecule has 0 fully saturated rings. The first-order valence-electron chi connectivity index (χ1n) is 8.38. The van der Waals surface area contributed by atoms with Gasteiger partial charge >= 0.3 is 0 Å². The maximum Gasteiger partial charge on any atom is 0.243 e. The van der Waals surface area contributed by atoms with E-state index in [1.54, 1.807) is 0 Å². The summed E-state index contributed by atoms with van der Waals surface area (Å²) in [5.41, 5.74) is 4.12. The first-order valence-corrected chi connectivity index (χ1v) is 9.17. The van der Waals surface area contributed by atoms with Crippen LogP contribution in [0.3, 0.4) is 0 Å². The topological polar surface area (TPSA) is 58.2 Å². The number of rotatable bonds is 7. The largest absolute Gasteiger partial charge is 0.347 e. The third kappa shape index (κ3) is 6.35. The van der Waals surface area contributed by atoms with Crippen LogP contribution in [0, 0.1) is 6.92 Å². The van der Waals surface area contributed by atoms with Crippen LogP contribution in [0.5, 0.6) is 0 Å². The lowest BCUT2D eigenvalue weighted by atomic mass is 10.1. The number of halogens is 1. The molecule has 25 heavy (non-hydrogen) atoms. The second-order valence-corrected chi connectivity index (χ2v) is 6.87. The molecular formula is C20H23BrN2O2. The predicted octanol–water partition coefficient (Wildman–Crippen LogP) is 4.01. The van der Waals surface area contributed by atoms with Crippen molar-refractivity contribution in [2.24, 2.45) is 0 Å². The van der Waals surface area contributed by atoms with Gasteiger partial charge in [0.05, 0.1) is 6.54 Å². The fourth-order valence-electron chi connectivity index (χ4n) is 2.43. The number of anilines is 1. The van der Waals surface area contributed by atoms with Crippen LogP contribution < -0.4 is 10.6 Å². The first kappa shape index (κ1) is 19.2. The van der Waals surface area contributed by atoms with Gasteiger partial charge in [0.1, 0.15) is 0 Å². The predicted molar refractivity (Wildman–Crippen MR) is 105 cm³/mol. The van der Waals surface area contributed by atoms with Gasteiger partial charge in [-0.15, -0.1) is 0 Å². The van der Waals surface area contributed by atoms with E-state index in [4.69, 9.17) is 0 Å². The average molecular weight is 403 g/mol. The van der Waals surface area contributed by atoms with E-state index in [9.17, 15) is 9.59 Å². The SMILES string of the molecule is CCc1ccc(CCC(=O)NCC(=O)Nc2ccc(Br)cc2C)cc1. The molecule has 2 amide bonds. The molecule has 0 bridgehead atoms. The Labute approximate surface area is 157 Å². The van der Waals surface area contributed by atoms with E-state index >= 15 is 0 Å². The quantitative estimate of drug-likeness (QED) is 0.734. The molecule has 0 aliphatic rings. The monoisotopic (exact) mass is 402 g/mol. The molecular weight excluding hydrogens is 380 g/mol. The summed E-state index contributed by atoms with van der Waals surface area (Å²) < 4.78 is 0.961. The number of amides is 2. The maximum absolute atomic E-state index is 12.0. The number of aryl methyl sites for hydroxylation is 3. The third-order valence-electron chi connectivity index (χ3n) is 3.98. The zero-order valence-corrected chi connectivity index (χ0v) is 16.2. The van der Waals surface area contributed by atoms with E-state index in [1.807, 2.05) is 25.1 Å². The van der Waals surface area contributed by atoms with Gasteiger partial charge in [0.2, 0.25) is 11.8 Å². The Hall–Kier alpha value is -2.14. The van der Waals surface area contributed by atoms with Crippen LogP contribution in [-0.4, -0.2) is 18.4 Å². The van der Waals surface area contributed by atoms with Crippen molar-refractivity contribution in [1.29, 1.82) is 0 Å². The molecule has 0 aromatic heterocycles. The van der Waals surface area contributed by atoms with Gasteiger partial charge in [-0.1, -0.05) is 47.1 Å². The minimum Gasteiger partial charge on any atom is -0.347 e. The summed E-state index contributed by atoms with van der Waals surface area (Å²) in [5, 5.41) is 5.47. The molecule has 0 unspecified atom stereocenters. The number of hydrogen-bond acceptors (Lipinski definition) is 2. The molecule has 0 heterocycles. The lowest BCUT2D eigenvalue weighted by Crippen LogP contribution is -2.33. The molecule has 0 saturated heterocycles. The number of hydrogen-bond donors (Lipinski definition) is 2. The summed E-state index contributed by atoms with van der Waals surface area (Å²) in [6.45, 7) is 4.01. The third-order valence-corrected chi connectivity index (χ3v) is 4.47. The summed E-state index contributed by atoms with van der Waals surface area (Å²) in [6.07, 6.45) is 2.05. The second kappa shape index (κ2) is 9.37. The highest BCUT2D eigenvalue weighted by molar-refractivity contribution is 9.10. The normalized spacial score (nSPS) is 10.4. The molecule has 0 atom stereocenters. The Balaban J connectivity index is 1.74.